The summed E-state index contributed by atoms with van der Waals surface area (Å²) in [5.74, 6) is 0.204. The van der Waals surface area contributed by atoms with Crippen LogP contribution in [0, 0.1) is 11.3 Å². The number of methoxy groups -OCH3 is 1. The van der Waals surface area contributed by atoms with Crippen molar-refractivity contribution in [1.29, 1.82) is 5.26 Å². The molecule has 1 aromatic carbocycles. The highest BCUT2D eigenvalue weighted by molar-refractivity contribution is 7.89. The van der Waals surface area contributed by atoms with E-state index in [1.165, 1.54) is 29.6 Å². The van der Waals surface area contributed by atoms with Crippen LogP contribution in [0.15, 0.2) is 23.1 Å². The number of ether oxygens (including phenoxy) is 1. The van der Waals surface area contributed by atoms with Crippen molar-refractivity contribution in [2.24, 2.45) is 0 Å². The van der Waals surface area contributed by atoms with Gasteiger partial charge in [0.05, 0.1) is 18.7 Å². The molecule has 0 aliphatic carbocycles. The van der Waals surface area contributed by atoms with E-state index in [4.69, 9.17) is 10.00 Å². The van der Waals surface area contributed by atoms with Crippen LogP contribution in [0.25, 0.3) is 0 Å². The predicted molar refractivity (Wildman–Crippen MR) is 73.9 cm³/mol. The first-order chi connectivity index (χ1) is 9.50. The molecule has 1 aromatic rings. The Bertz CT molecular complexity index is 637. The molecule has 1 heterocycles. The van der Waals surface area contributed by atoms with Gasteiger partial charge >= 0.3 is 0 Å². The minimum Gasteiger partial charge on any atom is -0.495 e. The second-order valence-electron chi connectivity index (χ2n) is 4.65. The Morgan fingerprint density at radius 2 is 2.25 bits per heavy atom. The molecule has 7 heteroatoms. The molecule has 108 valence electrons. The van der Waals surface area contributed by atoms with Crippen molar-refractivity contribution in [3.05, 3.63) is 23.8 Å². The molecule has 1 aliphatic heterocycles. The number of rotatable bonds is 3. The highest BCUT2D eigenvalue weighted by Gasteiger charge is 2.33. The maximum Gasteiger partial charge on any atom is 0.247 e. The molecule has 0 bridgehead atoms. The van der Waals surface area contributed by atoms with Gasteiger partial charge in [-0.2, -0.15) is 9.57 Å². The Morgan fingerprint density at radius 3 is 2.85 bits per heavy atom. The number of sulfonamides is 1. The zero-order valence-corrected chi connectivity index (χ0v) is 12.3. The molecule has 2 rings (SSSR count). The molecule has 0 amide bonds. The summed E-state index contributed by atoms with van der Waals surface area (Å²) >= 11 is 0. The van der Waals surface area contributed by atoms with Crippen LogP contribution in [0.2, 0.25) is 0 Å². The fourth-order valence-electron chi connectivity index (χ4n) is 2.26. The van der Waals surface area contributed by atoms with Crippen molar-refractivity contribution >= 4 is 10.0 Å². The number of hydrogen-bond acceptors (Lipinski definition) is 5. The highest BCUT2D eigenvalue weighted by atomic mass is 32.2. The van der Waals surface area contributed by atoms with Gasteiger partial charge in [-0.15, -0.1) is 0 Å². The lowest BCUT2D eigenvalue weighted by Gasteiger charge is -2.33. The molecule has 20 heavy (non-hydrogen) atoms. The topological polar surface area (TPSA) is 82.4 Å². The number of nitriles is 1. The third-order valence-corrected chi connectivity index (χ3v) is 5.37. The van der Waals surface area contributed by atoms with E-state index >= 15 is 0 Å². The van der Waals surface area contributed by atoms with Gasteiger partial charge in [0.2, 0.25) is 10.0 Å². The van der Waals surface area contributed by atoms with Gasteiger partial charge in [0.15, 0.2) is 0 Å². The summed E-state index contributed by atoms with van der Waals surface area (Å²) in [5, 5.41) is 12.0. The fraction of sp³-hybridized carbons (Fsp3) is 0.462. The Labute approximate surface area is 119 Å². The monoisotopic (exact) mass is 295 g/mol. The third kappa shape index (κ3) is 2.63. The van der Waals surface area contributed by atoms with E-state index in [9.17, 15) is 8.42 Å². The number of nitrogens with zero attached hydrogens (tertiary/aromatic N) is 2. The van der Waals surface area contributed by atoms with E-state index < -0.39 is 10.0 Å². The standard InChI is InChI=1S/C13H17N3O3S/c1-10-9-15-5-6-16(10)20(17,18)13-4-3-11(8-14)7-12(13)19-2/h3-4,7,10,15H,5-6,9H2,1-2H3/t10-/m1/s1. The van der Waals surface area contributed by atoms with Crippen molar-refractivity contribution in [2.45, 2.75) is 17.9 Å². The van der Waals surface area contributed by atoms with Crippen LogP contribution in [-0.4, -0.2) is 45.5 Å². The van der Waals surface area contributed by atoms with E-state index in [1.807, 2.05) is 13.0 Å². The van der Waals surface area contributed by atoms with Crippen LogP contribution in [-0.2, 0) is 10.0 Å². The number of nitrogens with one attached hydrogen (secondary N) is 1. The summed E-state index contributed by atoms with van der Waals surface area (Å²) in [6, 6.07) is 6.22. The summed E-state index contributed by atoms with van der Waals surface area (Å²) in [6.45, 7) is 3.53. The predicted octanol–water partition coefficient (Wildman–Crippen LogP) is 0.549. The SMILES string of the molecule is COc1cc(C#N)ccc1S(=O)(=O)N1CCNC[C@H]1C. The maximum absolute atomic E-state index is 12.7. The van der Waals surface area contributed by atoms with Gasteiger partial charge in [-0.25, -0.2) is 8.42 Å². The summed E-state index contributed by atoms with van der Waals surface area (Å²) < 4.78 is 32.0. The number of benzene rings is 1. The number of piperazine rings is 1. The van der Waals surface area contributed by atoms with Crippen LogP contribution in [0.1, 0.15) is 12.5 Å². The van der Waals surface area contributed by atoms with Gasteiger partial charge in [-0.1, -0.05) is 0 Å². The van der Waals surface area contributed by atoms with Crippen LogP contribution < -0.4 is 10.1 Å². The van der Waals surface area contributed by atoms with Gasteiger partial charge in [0.1, 0.15) is 10.6 Å². The Balaban J connectivity index is 2.46. The van der Waals surface area contributed by atoms with Crippen molar-refractivity contribution in [3.63, 3.8) is 0 Å². The summed E-state index contributed by atoms with van der Waals surface area (Å²) in [4.78, 5) is 0.104. The Hall–Kier alpha value is -1.62. The lowest BCUT2D eigenvalue weighted by atomic mass is 10.2. The zero-order valence-electron chi connectivity index (χ0n) is 11.5. The largest absolute Gasteiger partial charge is 0.495 e. The number of hydrogen-bond donors (Lipinski definition) is 1. The average molecular weight is 295 g/mol. The lowest BCUT2D eigenvalue weighted by molar-refractivity contribution is 0.282. The quantitative estimate of drug-likeness (QED) is 0.880. The summed E-state index contributed by atoms with van der Waals surface area (Å²) in [5.41, 5.74) is 0.370. The van der Waals surface area contributed by atoms with E-state index in [1.54, 1.807) is 0 Å². The molecule has 1 fully saturated rings. The Kier molecular flexibility index (Phi) is 4.28. The molecule has 0 aromatic heterocycles. The van der Waals surface area contributed by atoms with Crippen LogP contribution in [0.3, 0.4) is 0 Å². The molecular formula is C13H17N3O3S. The van der Waals surface area contributed by atoms with Crippen molar-refractivity contribution < 1.29 is 13.2 Å². The first-order valence-corrected chi connectivity index (χ1v) is 7.75. The van der Waals surface area contributed by atoms with Gasteiger partial charge in [0, 0.05) is 25.7 Å². The van der Waals surface area contributed by atoms with Crippen LogP contribution in [0.4, 0.5) is 0 Å². The van der Waals surface area contributed by atoms with E-state index in [0.717, 1.165) is 0 Å². The lowest BCUT2D eigenvalue weighted by Crippen LogP contribution is -2.52. The summed E-state index contributed by atoms with van der Waals surface area (Å²) in [6.07, 6.45) is 0. The van der Waals surface area contributed by atoms with E-state index in [-0.39, 0.29) is 16.7 Å². The second kappa shape index (κ2) is 5.79. The van der Waals surface area contributed by atoms with E-state index in [2.05, 4.69) is 5.32 Å². The molecule has 0 saturated carbocycles. The zero-order chi connectivity index (χ0) is 14.8. The van der Waals surface area contributed by atoms with Crippen molar-refractivity contribution in [2.75, 3.05) is 26.7 Å². The molecule has 1 atom stereocenters. The molecule has 0 spiro atoms. The first kappa shape index (κ1) is 14.8. The average Bonchev–Trinajstić information content (AvgIpc) is 2.46. The highest BCUT2D eigenvalue weighted by Crippen LogP contribution is 2.29. The minimum absolute atomic E-state index is 0.104. The molecular weight excluding hydrogens is 278 g/mol. The van der Waals surface area contributed by atoms with Crippen molar-refractivity contribution in [1.82, 2.24) is 9.62 Å². The van der Waals surface area contributed by atoms with Gasteiger partial charge in [-0.05, 0) is 25.1 Å². The van der Waals surface area contributed by atoms with Gasteiger partial charge < -0.3 is 10.1 Å². The van der Waals surface area contributed by atoms with Gasteiger partial charge in [-0.3, -0.25) is 0 Å². The Morgan fingerprint density at radius 1 is 1.50 bits per heavy atom. The van der Waals surface area contributed by atoms with Crippen LogP contribution in [0.5, 0.6) is 5.75 Å². The molecule has 1 aliphatic rings. The van der Waals surface area contributed by atoms with Crippen LogP contribution >= 0.6 is 0 Å². The smallest absolute Gasteiger partial charge is 0.247 e. The minimum atomic E-state index is -3.62. The molecule has 1 saturated heterocycles. The normalized spacial score (nSPS) is 20.4. The maximum atomic E-state index is 12.7. The first-order valence-electron chi connectivity index (χ1n) is 6.31. The second-order valence-corrected chi connectivity index (χ2v) is 6.51. The fourth-order valence-corrected chi connectivity index (χ4v) is 4.03. The molecule has 1 N–H and O–H groups in total. The van der Waals surface area contributed by atoms with E-state index in [0.29, 0.717) is 25.2 Å². The summed E-state index contributed by atoms with van der Waals surface area (Å²) in [7, 11) is -2.22. The van der Waals surface area contributed by atoms with Gasteiger partial charge in [0.25, 0.3) is 0 Å². The third-order valence-electron chi connectivity index (χ3n) is 3.32. The molecule has 0 unspecified atom stereocenters. The molecule has 6 nitrogen and oxygen atoms in total. The van der Waals surface area contributed by atoms with Crippen molar-refractivity contribution in [3.8, 4) is 11.8 Å². The molecule has 0 radical (unpaired) electrons.